The van der Waals surface area contributed by atoms with Crippen molar-refractivity contribution in [3.05, 3.63) is 22.3 Å². The van der Waals surface area contributed by atoms with E-state index < -0.39 is 12.1 Å². The quantitative estimate of drug-likeness (QED) is 0.123. The van der Waals surface area contributed by atoms with Crippen LogP contribution in [0.2, 0.25) is 0 Å². The van der Waals surface area contributed by atoms with Crippen LogP contribution < -0.4 is 0 Å². The predicted molar refractivity (Wildman–Crippen MR) is 111 cm³/mol. The van der Waals surface area contributed by atoms with Crippen LogP contribution in [-0.2, 0) is 4.79 Å². The summed E-state index contributed by atoms with van der Waals surface area (Å²) < 4.78 is 0. The van der Waals surface area contributed by atoms with Gasteiger partial charge in [-0.1, -0.05) is 83.6 Å². The van der Waals surface area contributed by atoms with Gasteiger partial charge in [0.15, 0.2) is 0 Å². The van der Waals surface area contributed by atoms with Gasteiger partial charge in [-0.15, -0.1) is 0 Å². The molecule has 157 valence electrons. The number of nitrogens with zero attached hydrogens (tertiary/aromatic N) is 1. The van der Waals surface area contributed by atoms with Crippen molar-refractivity contribution in [1.82, 2.24) is 0 Å². The van der Waals surface area contributed by atoms with Gasteiger partial charge in [-0.25, -0.2) is 0 Å². The van der Waals surface area contributed by atoms with E-state index in [4.69, 9.17) is 0 Å². The third-order valence-electron chi connectivity index (χ3n) is 5.12. The highest BCUT2D eigenvalue weighted by atomic mass is 16.6. The Bertz CT molecular complexity index is 385. The number of nitro groups is 1. The van der Waals surface area contributed by atoms with Crippen molar-refractivity contribution >= 4 is 6.29 Å². The molecule has 0 aromatic carbocycles. The Morgan fingerprint density at radius 3 is 1.96 bits per heavy atom. The van der Waals surface area contributed by atoms with Crippen LogP contribution in [0.4, 0.5) is 0 Å². The lowest BCUT2D eigenvalue weighted by atomic mass is 9.98. The van der Waals surface area contributed by atoms with Crippen LogP contribution in [0.25, 0.3) is 0 Å². The molecule has 2 atom stereocenters. The van der Waals surface area contributed by atoms with E-state index in [9.17, 15) is 20.0 Å². The minimum Gasteiger partial charge on any atom is -0.386 e. The van der Waals surface area contributed by atoms with E-state index in [1.165, 1.54) is 38.2 Å². The number of hydrogen-bond acceptors (Lipinski definition) is 4. The number of unbranched alkanes of at least 4 members (excludes halogenated alkanes) is 12. The fourth-order valence-electron chi connectivity index (χ4n) is 3.40. The average molecular weight is 383 g/mol. The van der Waals surface area contributed by atoms with E-state index in [-0.39, 0.29) is 4.92 Å². The molecular formula is C22H40NO4. The van der Waals surface area contributed by atoms with Gasteiger partial charge in [-0.3, -0.25) is 14.9 Å². The van der Waals surface area contributed by atoms with Crippen LogP contribution in [0.15, 0.2) is 12.2 Å². The minimum atomic E-state index is -0.799. The largest absolute Gasteiger partial charge is 0.386 e. The first-order valence-corrected chi connectivity index (χ1v) is 11.0. The van der Waals surface area contributed by atoms with Crippen molar-refractivity contribution in [2.24, 2.45) is 0 Å². The highest BCUT2D eigenvalue weighted by Crippen LogP contribution is 2.17. The summed E-state index contributed by atoms with van der Waals surface area (Å²) in [7, 11) is 0. The van der Waals surface area contributed by atoms with Gasteiger partial charge in [0, 0.05) is 11.3 Å². The maximum absolute atomic E-state index is 11.2. The van der Waals surface area contributed by atoms with Crippen LogP contribution in [0.3, 0.4) is 0 Å². The van der Waals surface area contributed by atoms with Crippen molar-refractivity contribution in [2.45, 2.75) is 122 Å². The van der Waals surface area contributed by atoms with E-state index in [0.717, 1.165) is 57.8 Å². The third-order valence-corrected chi connectivity index (χ3v) is 5.12. The zero-order chi connectivity index (χ0) is 20.2. The van der Waals surface area contributed by atoms with Gasteiger partial charge in [0.25, 0.3) is 0 Å². The van der Waals surface area contributed by atoms with E-state index in [1.807, 2.05) is 6.08 Å². The van der Waals surface area contributed by atoms with Crippen LogP contribution >= 0.6 is 0 Å². The third kappa shape index (κ3) is 16.7. The summed E-state index contributed by atoms with van der Waals surface area (Å²) in [5.74, 6) is 0. The molecule has 1 radical (unpaired) electrons. The van der Waals surface area contributed by atoms with Crippen LogP contribution in [0.1, 0.15) is 110 Å². The maximum Gasteiger partial charge on any atom is 0.238 e. The molecule has 0 saturated carbocycles. The molecule has 0 heterocycles. The second kappa shape index (κ2) is 19.5. The SMILES string of the molecule is CCCCCCC(C(O)CCCCCCCCCCCC=C[C]=O)[N+](=O)[O-]. The molecule has 0 aliphatic heterocycles. The first-order valence-electron chi connectivity index (χ1n) is 11.0. The minimum absolute atomic E-state index is 0.288. The summed E-state index contributed by atoms with van der Waals surface area (Å²) in [6.45, 7) is 2.12. The highest BCUT2D eigenvalue weighted by Gasteiger charge is 2.28. The molecule has 0 rings (SSSR count). The van der Waals surface area contributed by atoms with Crippen LogP contribution in [0.5, 0.6) is 0 Å². The lowest BCUT2D eigenvalue weighted by Gasteiger charge is -2.16. The van der Waals surface area contributed by atoms with Crippen molar-refractivity contribution < 1.29 is 14.8 Å². The smallest absolute Gasteiger partial charge is 0.238 e. The number of rotatable bonds is 20. The molecule has 27 heavy (non-hydrogen) atoms. The van der Waals surface area contributed by atoms with E-state index in [0.29, 0.717) is 12.8 Å². The van der Waals surface area contributed by atoms with Gasteiger partial charge >= 0.3 is 0 Å². The summed E-state index contributed by atoms with van der Waals surface area (Å²) in [4.78, 5) is 20.9. The molecule has 0 bridgehead atoms. The summed E-state index contributed by atoms with van der Waals surface area (Å²) in [6, 6.07) is -0.791. The van der Waals surface area contributed by atoms with Gasteiger partial charge in [-0.05, 0) is 31.8 Å². The zero-order valence-corrected chi connectivity index (χ0v) is 17.2. The highest BCUT2D eigenvalue weighted by molar-refractivity contribution is 5.65. The molecule has 5 nitrogen and oxygen atoms in total. The number of allylic oxidation sites excluding steroid dienone is 2. The van der Waals surface area contributed by atoms with Crippen molar-refractivity contribution in [3.8, 4) is 0 Å². The van der Waals surface area contributed by atoms with Gasteiger partial charge < -0.3 is 5.11 Å². The standard InChI is InChI=1S/C22H40NO4/c1-2-3-4-15-18-21(23(26)27)22(25)19-16-13-11-9-7-5-6-8-10-12-14-17-20-24/h14,17,21-22,25H,2-13,15-16,18-19H2,1H3. The Kier molecular flexibility index (Phi) is 18.6. The predicted octanol–water partition coefficient (Wildman–Crippen LogP) is 5.92. The summed E-state index contributed by atoms with van der Waals surface area (Å²) in [5.41, 5.74) is 0. The molecule has 0 saturated heterocycles. The van der Waals surface area contributed by atoms with Gasteiger partial charge in [0.2, 0.25) is 12.3 Å². The van der Waals surface area contributed by atoms with Crippen LogP contribution in [-0.4, -0.2) is 28.5 Å². The molecule has 5 heteroatoms. The van der Waals surface area contributed by atoms with Crippen molar-refractivity contribution in [2.75, 3.05) is 0 Å². The number of aliphatic hydroxyl groups is 1. The lowest BCUT2D eigenvalue weighted by molar-refractivity contribution is -0.535. The second-order valence-electron chi connectivity index (χ2n) is 7.55. The Morgan fingerprint density at radius 1 is 0.889 bits per heavy atom. The van der Waals surface area contributed by atoms with Gasteiger partial charge in [-0.2, -0.15) is 0 Å². The lowest BCUT2D eigenvalue weighted by Crippen LogP contribution is -2.33. The molecule has 0 aliphatic rings. The Labute approximate surface area is 165 Å². The Morgan fingerprint density at radius 2 is 1.41 bits per heavy atom. The van der Waals surface area contributed by atoms with Crippen molar-refractivity contribution in [3.63, 3.8) is 0 Å². The molecule has 0 aliphatic carbocycles. The molecule has 0 amide bonds. The molecular weight excluding hydrogens is 342 g/mol. The number of hydrogen-bond donors (Lipinski definition) is 1. The maximum atomic E-state index is 11.2. The average Bonchev–Trinajstić information content (AvgIpc) is 2.65. The summed E-state index contributed by atoms with van der Waals surface area (Å²) >= 11 is 0. The topological polar surface area (TPSA) is 80.4 Å². The summed E-state index contributed by atoms with van der Waals surface area (Å²) in [5, 5.41) is 21.3. The Hall–Kier alpha value is -1.23. The first kappa shape index (κ1) is 25.8. The van der Waals surface area contributed by atoms with E-state index >= 15 is 0 Å². The normalized spacial score (nSPS) is 13.7. The first-order chi connectivity index (χ1) is 13.1. The molecule has 0 fully saturated rings. The van der Waals surface area contributed by atoms with E-state index in [2.05, 4.69) is 6.92 Å². The summed E-state index contributed by atoms with van der Waals surface area (Å²) in [6.07, 6.45) is 20.7. The molecule has 0 spiro atoms. The molecule has 0 aromatic heterocycles. The van der Waals surface area contributed by atoms with E-state index in [1.54, 1.807) is 6.29 Å². The zero-order valence-electron chi connectivity index (χ0n) is 17.2. The fraction of sp³-hybridized carbons (Fsp3) is 0.864. The fourth-order valence-corrected chi connectivity index (χ4v) is 3.40. The van der Waals surface area contributed by atoms with Crippen LogP contribution in [0, 0.1) is 10.1 Å². The second-order valence-corrected chi connectivity index (χ2v) is 7.55. The molecule has 1 N–H and O–H groups in total. The molecule has 0 aromatic rings. The van der Waals surface area contributed by atoms with Gasteiger partial charge in [0.1, 0.15) is 6.10 Å². The molecule has 2 unspecified atom stereocenters. The number of carbonyl (C=O) groups excluding carboxylic acids is 1. The Balaban J connectivity index is 3.56. The monoisotopic (exact) mass is 382 g/mol. The van der Waals surface area contributed by atoms with Crippen molar-refractivity contribution in [1.29, 1.82) is 0 Å². The van der Waals surface area contributed by atoms with Gasteiger partial charge in [0.05, 0.1) is 0 Å². The number of aliphatic hydroxyl groups excluding tert-OH is 1.